The van der Waals surface area contributed by atoms with Crippen LogP contribution in [0.4, 0.5) is 5.82 Å². The third-order valence-corrected chi connectivity index (χ3v) is 2.81. The van der Waals surface area contributed by atoms with E-state index in [4.69, 9.17) is 4.74 Å². The van der Waals surface area contributed by atoms with E-state index >= 15 is 0 Å². The van der Waals surface area contributed by atoms with Gasteiger partial charge in [0.2, 0.25) is 5.88 Å². The van der Waals surface area contributed by atoms with Crippen LogP contribution in [0.3, 0.4) is 0 Å². The minimum Gasteiger partial charge on any atom is -0.481 e. The maximum atomic E-state index is 5.08. The van der Waals surface area contributed by atoms with Crippen LogP contribution in [0.5, 0.6) is 5.88 Å². The number of thiophene rings is 1. The molecule has 0 saturated carbocycles. The van der Waals surface area contributed by atoms with Gasteiger partial charge in [0.25, 0.3) is 0 Å². The Morgan fingerprint density at radius 2 is 2.31 bits per heavy atom. The van der Waals surface area contributed by atoms with E-state index in [2.05, 4.69) is 32.1 Å². The number of aryl methyl sites for hydroxylation is 1. The molecule has 0 aromatic carbocycles. The lowest BCUT2D eigenvalue weighted by Gasteiger charge is -2.06. The van der Waals surface area contributed by atoms with Crippen LogP contribution in [0.25, 0.3) is 0 Å². The highest BCUT2D eigenvalue weighted by Gasteiger charge is 2.01. The van der Waals surface area contributed by atoms with Crippen LogP contribution in [-0.4, -0.2) is 17.1 Å². The normalized spacial score (nSPS) is 10.1. The van der Waals surface area contributed by atoms with Crippen molar-refractivity contribution in [1.29, 1.82) is 0 Å². The van der Waals surface area contributed by atoms with Crippen molar-refractivity contribution in [3.05, 3.63) is 34.3 Å². The molecule has 0 aliphatic heterocycles. The number of hydrogen-bond acceptors (Lipinski definition) is 5. The monoisotopic (exact) mass is 235 g/mol. The molecule has 0 bridgehead atoms. The summed E-state index contributed by atoms with van der Waals surface area (Å²) in [6, 6.07) is 3.88. The number of rotatable bonds is 4. The van der Waals surface area contributed by atoms with Gasteiger partial charge < -0.3 is 10.1 Å². The van der Waals surface area contributed by atoms with E-state index in [1.807, 2.05) is 6.92 Å². The van der Waals surface area contributed by atoms with Crippen LogP contribution >= 0.6 is 11.3 Å². The van der Waals surface area contributed by atoms with Gasteiger partial charge in [-0.25, -0.2) is 4.98 Å². The van der Waals surface area contributed by atoms with E-state index in [0.717, 1.165) is 12.4 Å². The Balaban J connectivity index is 2.06. The highest BCUT2D eigenvalue weighted by molar-refractivity contribution is 7.07. The number of nitrogens with zero attached hydrogens (tertiary/aromatic N) is 2. The summed E-state index contributed by atoms with van der Waals surface area (Å²) in [6.07, 6.45) is 0. The molecule has 2 aromatic rings. The standard InChI is InChI=1S/C11H13N3OS/c1-8-13-10(5-11(14-8)15-2)12-6-9-3-4-16-7-9/h3-5,7H,6H2,1-2H3,(H,12,13,14). The molecule has 0 aliphatic carbocycles. The molecule has 2 rings (SSSR count). The zero-order chi connectivity index (χ0) is 11.4. The molecule has 0 fully saturated rings. The van der Waals surface area contributed by atoms with Gasteiger partial charge in [0, 0.05) is 12.6 Å². The molecule has 0 aliphatic rings. The second kappa shape index (κ2) is 4.94. The van der Waals surface area contributed by atoms with Crippen molar-refractivity contribution in [2.24, 2.45) is 0 Å². The predicted molar refractivity (Wildman–Crippen MR) is 65.0 cm³/mol. The summed E-state index contributed by atoms with van der Waals surface area (Å²) in [6.45, 7) is 2.61. The Morgan fingerprint density at radius 1 is 1.44 bits per heavy atom. The molecule has 4 nitrogen and oxygen atoms in total. The maximum Gasteiger partial charge on any atom is 0.218 e. The van der Waals surface area contributed by atoms with Crippen LogP contribution in [0.2, 0.25) is 0 Å². The number of nitrogens with one attached hydrogen (secondary N) is 1. The van der Waals surface area contributed by atoms with Gasteiger partial charge in [-0.3, -0.25) is 0 Å². The first kappa shape index (κ1) is 10.9. The lowest BCUT2D eigenvalue weighted by atomic mass is 10.3. The number of methoxy groups -OCH3 is 1. The number of aromatic nitrogens is 2. The third-order valence-electron chi connectivity index (χ3n) is 2.08. The van der Waals surface area contributed by atoms with Crippen LogP contribution in [0.15, 0.2) is 22.9 Å². The Kier molecular flexibility index (Phi) is 3.36. The second-order valence-corrected chi connectivity index (χ2v) is 4.11. The molecule has 0 radical (unpaired) electrons. The lowest BCUT2D eigenvalue weighted by Crippen LogP contribution is -2.03. The number of hydrogen-bond donors (Lipinski definition) is 1. The lowest BCUT2D eigenvalue weighted by molar-refractivity contribution is 0.396. The molecule has 84 valence electrons. The summed E-state index contributed by atoms with van der Waals surface area (Å²) in [4.78, 5) is 8.41. The highest BCUT2D eigenvalue weighted by atomic mass is 32.1. The average Bonchev–Trinajstić information content (AvgIpc) is 2.78. The van der Waals surface area contributed by atoms with Gasteiger partial charge in [-0.05, 0) is 29.3 Å². The van der Waals surface area contributed by atoms with Crippen LogP contribution in [-0.2, 0) is 6.54 Å². The van der Waals surface area contributed by atoms with E-state index < -0.39 is 0 Å². The van der Waals surface area contributed by atoms with Crippen molar-refractivity contribution in [1.82, 2.24) is 9.97 Å². The van der Waals surface area contributed by atoms with Crippen LogP contribution < -0.4 is 10.1 Å². The quantitative estimate of drug-likeness (QED) is 0.884. The fraction of sp³-hybridized carbons (Fsp3) is 0.273. The van der Waals surface area contributed by atoms with Gasteiger partial charge in [0.05, 0.1) is 7.11 Å². The zero-order valence-corrected chi connectivity index (χ0v) is 10.0. The van der Waals surface area contributed by atoms with Crippen molar-refractivity contribution in [3.63, 3.8) is 0 Å². The number of ether oxygens (including phenoxy) is 1. The van der Waals surface area contributed by atoms with Crippen molar-refractivity contribution in [2.75, 3.05) is 12.4 Å². The molecule has 0 unspecified atom stereocenters. The molecule has 0 saturated heterocycles. The molecule has 2 heterocycles. The molecular formula is C11H13N3OS. The Morgan fingerprint density at radius 3 is 3.00 bits per heavy atom. The summed E-state index contributed by atoms with van der Waals surface area (Å²) in [7, 11) is 1.60. The first-order chi connectivity index (χ1) is 7.78. The van der Waals surface area contributed by atoms with Crippen molar-refractivity contribution in [3.8, 4) is 5.88 Å². The fourth-order valence-corrected chi connectivity index (χ4v) is 1.99. The molecule has 1 N–H and O–H groups in total. The van der Waals surface area contributed by atoms with Crippen molar-refractivity contribution >= 4 is 17.2 Å². The Bertz CT molecular complexity index is 456. The van der Waals surface area contributed by atoms with Gasteiger partial charge >= 0.3 is 0 Å². The molecular weight excluding hydrogens is 222 g/mol. The minimum absolute atomic E-state index is 0.584. The van der Waals surface area contributed by atoms with Crippen LogP contribution in [0, 0.1) is 6.92 Å². The largest absolute Gasteiger partial charge is 0.481 e. The van der Waals surface area contributed by atoms with E-state index in [-0.39, 0.29) is 0 Å². The van der Waals surface area contributed by atoms with Crippen LogP contribution in [0.1, 0.15) is 11.4 Å². The fourth-order valence-electron chi connectivity index (χ4n) is 1.32. The van der Waals surface area contributed by atoms with Gasteiger partial charge in [0.15, 0.2) is 0 Å². The van der Waals surface area contributed by atoms with E-state index in [1.165, 1.54) is 5.56 Å². The molecule has 2 aromatic heterocycles. The third kappa shape index (κ3) is 2.70. The average molecular weight is 235 g/mol. The van der Waals surface area contributed by atoms with Crippen molar-refractivity contribution in [2.45, 2.75) is 13.5 Å². The van der Waals surface area contributed by atoms with Gasteiger partial charge in [0.1, 0.15) is 11.6 Å². The highest BCUT2D eigenvalue weighted by Crippen LogP contribution is 2.14. The van der Waals surface area contributed by atoms with E-state index in [1.54, 1.807) is 24.5 Å². The minimum atomic E-state index is 0.584. The SMILES string of the molecule is COc1cc(NCc2ccsc2)nc(C)n1. The first-order valence-electron chi connectivity index (χ1n) is 4.92. The smallest absolute Gasteiger partial charge is 0.218 e. The predicted octanol–water partition coefficient (Wildman–Crippen LogP) is 2.47. The summed E-state index contributed by atoms with van der Waals surface area (Å²) in [5.74, 6) is 2.07. The molecule has 0 atom stereocenters. The van der Waals surface area contributed by atoms with Gasteiger partial charge in [-0.2, -0.15) is 16.3 Å². The number of anilines is 1. The Hall–Kier alpha value is -1.62. The van der Waals surface area contributed by atoms with E-state index in [9.17, 15) is 0 Å². The van der Waals surface area contributed by atoms with Gasteiger partial charge in [-0.1, -0.05) is 0 Å². The molecule has 5 heteroatoms. The Labute approximate surface area is 98.3 Å². The summed E-state index contributed by atoms with van der Waals surface area (Å²) in [5, 5.41) is 7.41. The summed E-state index contributed by atoms with van der Waals surface area (Å²) < 4.78 is 5.08. The van der Waals surface area contributed by atoms with Crippen molar-refractivity contribution < 1.29 is 4.74 Å². The molecule has 0 spiro atoms. The topological polar surface area (TPSA) is 47.0 Å². The molecule has 16 heavy (non-hydrogen) atoms. The van der Waals surface area contributed by atoms with Gasteiger partial charge in [-0.15, -0.1) is 0 Å². The maximum absolute atomic E-state index is 5.08. The summed E-state index contributed by atoms with van der Waals surface area (Å²) in [5.41, 5.74) is 1.25. The zero-order valence-electron chi connectivity index (χ0n) is 9.23. The molecule has 0 amide bonds. The first-order valence-corrected chi connectivity index (χ1v) is 5.87. The second-order valence-electron chi connectivity index (χ2n) is 3.33. The van der Waals surface area contributed by atoms with E-state index in [0.29, 0.717) is 11.7 Å². The summed E-state index contributed by atoms with van der Waals surface area (Å²) >= 11 is 1.69.